The highest BCUT2D eigenvalue weighted by atomic mass is 79.9. The van der Waals surface area contributed by atoms with Gasteiger partial charge < -0.3 is 14.7 Å². The van der Waals surface area contributed by atoms with E-state index in [0.717, 1.165) is 4.47 Å². The molecule has 2 aromatic rings. The minimum atomic E-state index is -4.76. The van der Waals surface area contributed by atoms with Crippen LogP contribution < -0.4 is 4.74 Å². The largest absolute Gasteiger partial charge is 0.573 e. The minimum Gasteiger partial charge on any atom is -0.406 e. The van der Waals surface area contributed by atoms with E-state index in [4.69, 9.17) is 0 Å². The van der Waals surface area contributed by atoms with Crippen LogP contribution in [0.25, 0.3) is 0 Å². The summed E-state index contributed by atoms with van der Waals surface area (Å²) in [6.45, 7) is 3.32. The Bertz CT molecular complexity index is 807. The van der Waals surface area contributed by atoms with E-state index in [1.807, 2.05) is 14.0 Å². The zero-order valence-electron chi connectivity index (χ0n) is 14.9. The van der Waals surface area contributed by atoms with Crippen molar-refractivity contribution in [2.75, 3.05) is 20.1 Å². The fraction of sp³-hybridized carbons (Fsp3) is 0.421. The van der Waals surface area contributed by atoms with Crippen molar-refractivity contribution in [2.45, 2.75) is 25.3 Å². The third kappa shape index (κ3) is 3.70. The Kier molecular flexibility index (Phi) is 5.26. The quantitative estimate of drug-likeness (QED) is 0.745. The van der Waals surface area contributed by atoms with Crippen LogP contribution in [-0.2, 0) is 5.60 Å². The fourth-order valence-electron chi connectivity index (χ4n) is 3.98. The normalized spacial score (nSPS) is 19.2. The van der Waals surface area contributed by atoms with Gasteiger partial charge in [0.15, 0.2) is 0 Å². The van der Waals surface area contributed by atoms with Crippen molar-refractivity contribution in [3.63, 3.8) is 0 Å². The predicted molar refractivity (Wildman–Crippen MR) is 98.3 cm³/mol. The first-order chi connectivity index (χ1) is 12.6. The molecule has 1 aromatic carbocycles. The molecule has 1 N–H and O–H groups in total. The van der Waals surface area contributed by atoms with Gasteiger partial charge in [-0.2, -0.15) is 0 Å². The Labute approximate surface area is 164 Å². The summed E-state index contributed by atoms with van der Waals surface area (Å²) in [5, 5.41) is 11.9. The lowest BCUT2D eigenvalue weighted by atomic mass is 9.59. The van der Waals surface area contributed by atoms with Gasteiger partial charge in [0.25, 0.3) is 0 Å². The first kappa shape index (κ1) is 20.1. The molecule has 2 heterocycles. The van der Waals surface area contributed by atoms with E-state index in [1.165, 1.54) is 24.3 Å². The van der Waals surface area contributed by atoms with Gasteiger partial charge in [-0.25, -0.2) is 0 Å². The highest BCUT2D eigenvalue weighted by Crippen LogP contribution is 2.52. The molecule has 1 atom stereocenters. The molecule has 4 nitrogen and oxygen atoms in total. The third-order valence-corrected chi connectivity index (χ3v) is 5.65. The first-order valence-corrected chi connectivity index (χ1v) is 9.27. The Morgan fingerprint density at radius 1 is 1.19 bits per heavy atom. The van der Waals surface area contributed by atoms with Crippen molar-refractivity contribution in [2.24, 2.45) is 5.41 Å². The SMILES string of the molecule is CCC1([C@](O)(c2ccc(OC(F)(F)F)cc2)c2cncc(Br)c2)CN(C)C1. The molecule has 27 heavy (non-hydrogen) atoms. The maximum absolute atomic E-state index is 12.4. The lowest BCUT2D eigenvalue weighted by Gasteiger charge is -2.57. The Morgan fingerprint density at radius 3 is 2.30 bits per heavy atom. The second-order valence-electron chi connectivity index (χ2n) is 6.98. The highest BCUT2D eigenvalue weighted by Gasteiger charge is 2.57. The van der Waals surface area contributed by atoms with Gasteiger partial charge in [0, 0.05) is 40.9 Å². The number of hydrogen-bond donors (Lipinski definition) is 1. The number of pyridine rings is 1. The van der Waals surface area contributed by atoms with Crippen LogP contribution in [0.3, 0.4) is 0 Å². The van der Waals surface area contributed by atoms with Crippen LogP contribution in [0.4, 0.5) is 13.2 Å². The summed E-state index contributed by atoms with van der Waals surface area (Å²) >= 11 is 3.38. The molecule has 1 saturated heterocycles. The number of halogens is 4. The van der Waals surface area contributed by atoms with Crippen molar-refractivity contribution in [3.8, 4) is 5.75 Å². The van der Waals surface area contributed by atoms with Crippen molar-refractivity contribution < 1.29 is 23.0 Å². The lowest BCUT2D eigenvalue weighted by Crippen LogP contribution is -2.65. The molecule has 146 valence electrons. The molecular weight excluding hydrogens is 425 g/mol. The Hall–Kier alpha value is -1.64. The monoisotopic (exact) mass is 444 g/mol. The molecule has 1 aromatic heterocycles. The summed E-state index contributed by atoms with van der Waals surface area (Å²) in [4.78, 5) is 6.27. The number of hydrogen-bond acceptors (Lipinski definition) is 4. The van der Waals surface area contributed by atoms with Crippen LogP contribution in [0.2, 0.25) is 0 Å². The molecule has 8 heteroatoms. The van der Waals surface area contributed by atoms with Gasteiger partial charge in [-0.15, -0.1) is 13.2 Å². The maximum Gasteiger partial charge on any atom is 0.573 e. The van der Waals surface area contributed by atoms with Crippen LogP contribution >= 0.6 is 15.9 Å². The van der Waals surface area contributed by atoms with Crippen molar-refractivity contribution in [1.29, 1.82) is 0 Å². The van der Waals surface area contributed by atoms with Gasteiger partial charge in [-0.05, 0) is 53.2 Å². The number of rotatable bonds is 5. The van der Waals surface area contributed by atoms with Gasteiger partial charge in [-0.3, -0.25) is 4.98 Å². The van der Waals surface area contributed by atoms with Crippen molar-refractivity contribution in [1.82, 2.24) is 9.88 Å². The van der Waals surface area contributed by atoms with Crippen LogP contribution in [0.15, 0.2) is 47.2 Å². The second-order valence-corrected chi connectivity index (χ2v) is 7.90. The van der Waals surface area contributed by atoms with Gasteiger partial charge in [0.2, 0.25) is 0 Å². The molecule has 0 unspecified atom stereocenters. The Balaban J connectivity index is 2.08. The smallest absolute Gasteiger partial charge is 0.406 e. The summed E-state index contributed by atoms with van der Waals surface area (Å²) in [7, 11) is 1.97. The zero-order valence-corrected chi connectivity index (χ0v) is 16.5. The second kappa shape index (κ2) is 7.07. The van der Waals surface area contributed by atoms with Crippen molar-refractivity contribution in [3.05, 3.63) is 58.3 Å². The number of ether oxygens (including phenoxy) is 1. The van der Waals surface area contributed by atoms with E-state index >= 15 is 0 Å². The molecule has 0 aliphatic carbocycles. The minimum absolute atomic E-state index is 0.322. The molecule has 0 saturated carbocycles. The fourth-order valence-corrected chi connectivity index (χ4v) is 4.35. The zero-order chi connectivity index (χ0) is 19.9. The van der Waals surface area contributed by atoms with Gasteiger partial charge in [-0.1, -0.05) is 19.1 Å². The van der Waals surface area contributed by atoms with Gasteiger partial charge in [0.05, 0.1) is 0 Å². The van der Waals surface area contributed by atoms with E-state index in [0.29, 0.717) is 30.6 Å². The molecule has 1 fully saturated rings. The number of nitrogens with zero attached hydrogens (tertiary/aromatic N) is 2. The first-order valence-electron chi connectivity index (χ1n) is 8.48. The van der Waals surface area contributed by atoms with Crippen LogP contribution in [0.5, 0.6) is 5.75 Å². The van der Waals surface area contributed by atoms with E-state index in [2.05, 4.69) is 30.6 Å². The van der Waals surface area contributed by atoms with Gasteiger partial charge in [0.1, 0.15) is 11.4 Å². The average Bonchev–Trinajstić information content (AvgIpc) is 2.57. The molecule has 0 radical (unpaired) electrons. The van der Waals surface area contributed by atoms with Gasteiger partial charge >= 0.3 is 6.36 Å². The van der Waals surface area contributed by atoms with E-state index in [1.54, 1.807) is 18.5 Å². The van der Waals surface area contributed by atoms with Crippen LogP contribution in [0, 0.1) is 5.41 Å². The van der Waals surface area contributed by atoms with Crippen molar-refractivity contribution >= 4 is 15.9 Å². The topological polar surface area (TPSA) is 45.6 Å². The van der Waals surface area contributed by atoms with E-state index in [-0.39, 0.29) is 5.75 Å². The molecule has 3 rings (SSSR count). The molecule has 0 spiro atoms. The number of benzene rings is 1. The Morgan fingerprint density at radius 2 is 1.81 bits per heavy atom. The summed E-state index contributed by atoms with van der Waals surface area (Å²) in [6, 6.07) is 7.22. The maximum atomic E-state index is 12.4. The molecule has 0 amide bonds. The molecule has 1 aliphatic heterocycles. The summed E-state index contributed by atoms with van der Waals surface area (Å²) in [5.74, 6) is -0.322. The number of aliphatic hydroxyl groups is 1. The predicted octanol–water partition coefficient (Wildman–Crippen LogP) is 4.32. The highest BCUT2D eigenvalue weighted by molar-refractivity contribution is 9.10. The van der Waals surface area contributed by atoms with E-state index in [9.17, 15) is 18.3 Å². The third-order valence-electron chi connectivity index (χ3n) is 5.22. The lowest BCUT2D eigenvalue weighted by molar-refractivity contribution is -0.274. The number of likely N-dealkylation sites (tertiary alicyclic amines) is 1. The number of alkyl halides is 3. The van der Waals surface area contributed by atoms with Crippen LogP contribution in [0.1, 0.15) is 24.5 Å². The molecule has 0 bridgehead atoms. The average molecular weight is 445 g/mol. The molecular formula is C19H20BrF3N2O2. The number of aromatic nitrogens is 1. The van der Waals surface area contributed by atoms with Crippen LogP contribution in [-0.4, -0.2) is 41.5 Å². The summed E-state index contributed by atoms with van der Waals surface area (Å²) in [5.41, 5.74) is -0.776. The van der Waals surface area contributed by atoms with E-state index < -0.39 is 17.4 Å². The molecule has 1 aliphatic rings. The standard InChI is InChI=1S/C19H20BrF3N2O2/c1-3-17(11-25(2)12-17)18(26,14-8-15(20)10-24-9-14)13-4-6-16(7-5-13)27-19(21,22)23/h4-10,26H,3,11-12H2,1-2H3/t18-/m0/s1. The summed E-state index contributed by atoms with van der Waals surface area (Å²) < 4.78 is 42.0. The summed E-state index contributed by atoms with van der Waals surface area (Å²) in [6.07, 6.45) is -0.842.